The Morgan fingerprint density at radius 2 is 2.00 bits per heavy atom. The van der Waals surface area contributed by atoms with Crippen LogP contribution in [0.1, 0.15) is 16.7 Å². The SMILES string of the molecule is Cc1ccccc1Cn1cccc(C#N)c1=O. The van der Waals surface area contributed by atoms with Crippen molar-refractivity contribution in [2.45, 2.75) is 13.5 Å². The maximum atomic E-state index is 11.9. The van der Waals surface area contributed by atoms with Crippen LogP contribution in [0.25, 0.3) is 0 Å². The Bertz CT molecular complexity index is 635. The molecule has 3 heteroatoms. The van der Waals surface area contributed by atoms with Crippen molar-refractivity contribution < 1.29 is 0 Å². The minimum absolute atomic E-state index is 0.182. The largest absolute Gasteiger partial charge is 0.310 e. The predicted octanol–water partition coefficient (Wildman–Crippen LogP) is 2.08. The predicted molar refractivity (Wildman–Crippen MR) is 65.7 cm³/mol. The number of pyridine rings is 1. The lowest BCUT2D eigenvalue weighted by Gasteiger charge is -2.08. The molecular weight excluding hydrogens is 212 g/mol. The molecule has 0 spiro atoms. The van der Waals surface area contributed by atoms with E-state index >= 15 is 0 Å². The van der Waals surface area contributed by atoms with Gasteiger partial charge in [-0.15, -0.1) is 0 Å². The van der Waals surface area contributed by atoms with Gasteiger partial charge in [0.2, 0.25) is 0 Å². The summed E-state index contributed by atoms with van der Waals surface area (Å²) in [6, 6.07) is 13.1. The first-order valence-electron chi connectivity index (χ1n) is 5.36. The highest BCUT2D eigenvalue weighted by Gasteiger charge is 2.03. The van der Waals surface area contributed by atoms with Crippen LogP contribution in [0.15, 0.2) is 47.4 Å². The van der Waals surface area contributed by atoms with Crippen LogP contribution in [0.5, 0.6) is 0 Å². The normalized spacial score (nSPS) is 9.88. The third-order valence-electron chi connectivity index (χ3n) is 2.74. The summed E-state index contributed by atoms with van der Waals surface area (Å²) in [5.74, 6) is 0. The van der Waals surface area contributed by atoms with Crippen LogP contribution in [0.3, 0.4) is 0 Å². The van der Waals surface area contributed by atoms with Crippen molar-refractivity contribution in [3.63, 3.8) is 0 Å². The minimum Gasteiger partial charge on any atom is -0.310 e. The van der Waals surface area contributed by atoms with Gasteiger partial charge in [-0.25, -0.2) is 0 Å². The lowest BCUT2D eigenvalue weighted by molar-refractivity contribution is 0.752. The third kappa shape index (κ3) is 2.26. The van der Waals surface area contributed by atoms with Gasteiger partial charge in [0.1, 0.15) is 11.6 Å². The molecule has 0 aliphatic carbocycles. The molecular formula is C14H12N2O. The van der Waals surface area contributed by atoms with E-state index in [1.54, 1.807) is 16.8 Å². The molecule has 0 N–H and O–H groups in total. The first-order chi connectivity index (χ1) is 8.22. The quantitative estimate of drug-likeness (QED) is 0.784. The first-order valence-corrected chi connectivity index (χ1v) is 5.36. The molecule has 2 aromatic rings. The molecule has 0 bridgehead atoms. The second-order valence-electron chi connectivity index (χ2n) is 3.89. The fraction of sp³-hybridized carbons (Fsp3) is 0.143. The zero-order chi connectivity index (χ0) is 12.3. The number of hydrogen-bond donors (Lipinski definition) is 0. The zero-order valence-corrected chi connectivity index (χ0v) is 9.55. The number of hydrogen-bond acceptors (Lipinski definition) is 2. The van der Waals surface area contributed by atoms with E-state index in [1.165, 1.54) is 6.07 Å². The van der Waals surface area contributed by atoms with Gasteiger partial charge in [0.25, 0.3) is 5.56 Å². The zero-order valence-electron chi connectivity index (χ0n) is 9.55. The summed E-state index contributed by atoms with van der Waals surface area (Å²) in [5.41, 5.74) is 2.17. The molecule has 0 fully saturated rings. The van der Waals surface area contributed by atoms with Crippen molar-refractivity contribution in [2.24, 2.45) is 0 Å². The highest BCUT2D eigenvalue weighted by atomic mass is 16.1. The van der Waals surface area contributed by atoms with Gasteiger partial charge < -0.3 is 4.57 Å². The standard InChI is InChI=1S/C14H12N2O/c1-11-5-2-3-6-13(11)10-16-8-4-7-12(9-15)14(16)17/h2-8H,10H2,1H3. The maximum absolute atomic E-state index is 11.9. The van der Waals surface area contributed by atoms with Crippen LogP contribution < -0.4 is 5.56 Å². The van der Waals surface area contributed by atoms with Crippen molar-refractivity contribution >= 4 is 0 Å². The summed E-state index contributed by atoms with van der Waals surface area (Å²) in [5, 5.41) is 8.80. The third-order valence-corrected chi connectivity index (χ3v) is 2.74. The number of nitriles is 1. The van der Waals surface area contributed by atoms with E-state index in [-0.39, 0.29) is 11.1 Å². The van der Waals surface area contributed by atoms with Crippen molar-refractivity contribution in [1.29, 1.82) is 5.26 Å². The number of aryl methyl sites for hydroxylation is 1. The van der Waals surface area contributed by atoms with Gasteiger partial charge in [-0.05, 0) is 30.2 Å². The Morgan fingerprint density at radius 1 is 1.24 bits per heavy atom. The summed E-state index contributed by atoms with van der Waals surface area (Å²) >= 11 is 0. The average molecular weight is 224 g/mol. The molecule has 0 saturated heterocycles. The molecule has 0 saturated carbocycles. The first kappa shape index (κ1) is 11.2. The molecule has 84 valence electrons. The highest BCUT2D eigenvalue weighted by Crippen LogP contribution is 2.08. The second-order valence-corrected chi connectivity index (χ2v) is 3.89. The van der Waals surface area contributed by atoms with E-state index in [0.29, 0.717) is 6.54 Å². The van der Waals surface area contributed by atoms with Crippen molar-refractivity contribution in [1.82, 2.24) is 4.57 Å². The summed E-state index contributed by atoms with van der Waals surface area (Å²) in [6.07, 6.45) is 1.70. The fourth-order valence-corrected chi connectivity index (χ4v) is 1.72. The molecule has 1 heterocycles. The number of aromatic nitrogens is 1. The molecule has 0 atom stereocenters. The highest BCUT2D eigenvalue weighted by molar-refractivity contribution is 5.28. The molecule has 3 nitrogen and oxygen atoms in total. The summed E-state index contributed by atoms with van der Waals surface area (Å²) in [4.78, 5) is 11.9. The van der Waals surface area contributed by atoms with E-state index in [9.17, 15) is 4.79 Å². The van der Waals surface area contributed by atoms with Gasteiger partial charge in [0, 0.05) is 6.20 Å². The van der Waals surface area contributed by atoms with Crippen LogP contribution in [0.2, 0.25) is 0 Å². The average Bonchev–Trinajstić information content (AvgIpc) is 2.34. The van der Waals surface area contributed by atoms with Crippen LogP contribution in [0, 0.1) is 18.3 Å². The van der Waals surface area contributed by atoms with Crippen molar-refractivity contribution in [3.8, 4) is 6.07 Å². The van der Waals surface area contributed by atoms with Crippen LogP contribution >= 0.6 is 0 Å². The van der Waals surface area contributed by atoms with Gasteiger partial charge in [-0.1, -0.05) is 24.3 Å². The van der Waals surface area contributed by atoms with E-state index < -0.39 is 0 Å². The minimum atomic E-state index is -0.238. The van der Waals surface area contributed by atoms with E-state index in [0.717, 1.165) is 11.1 Å². The van der Waals surface area contributed by atoms with Gasteiger partial charge >= 0.3 is 0 Å². The Balaban J connectivity index is 2.42. The molecule has 0 radical (unpaired) electrons. The van der Waals surface area contributed by atoms with Crippen LogP contribution in [-0.2, 0) is 6.54 Å². The van der Waals surface area contributed by atoms with Crippen LogP contribution in [-0.4, -0.2) is 4.57 Å². The maximum Gasteiger partial charge on any atom is 0.268 e. The monoisotopic (exact) mass is 224 g/mol. The Hall–Kier alpha value is -2.34. The second kappa shape index (κ2) is 4.67. The van der Waals surface area contributed by atoms with Crippen molar-refractivity contribution in [3.05, 3.63) is 69.6 Å². The van der Waals surface area contributed by atoms with Gasteiger partial charge in [-0.3, -0.25) is 4.79 Å². The fourth-order valence-electron chi connectivity index (χ4n) is 1.72. The molecule has 0 aliphatic heterocycles. The summed E-state index contributed by atoms with van der Waals surface area (Å²) in [6.45, 7) is 2.51. The number of benzene rings is 1. The van der Waals surface area contributed by atoms with Crippen molar-refractivity contribution in [2.75, 3.05) is 0 Å². The van der Waals surface area contributed by atoms with E-state index in [4.69, 9.17) is 5.26 Å². The molecule has 0 unspecified atom stereocenters. The van der Waals surface area contributed by atoms with Gasteiger partial charge in [0.15, 0.2) is 0 Å². The number of rotatable bonds is 2. The molecule has 1 aromatic carbocycles. The van der Waals surface area contributed by atoms with E-state index in [2.05, 4.69) is 0 Å². The van der Waals surface area contributed by atoms with Gasteiger partial charge in [0.05, 0.1) is 6.54 Å². The lowest BCUT2D eigenvalue weighted by Crippen LogP contribution is -2.22. The van der Waals surface area contributed by atoms with Gasteiger partial charge in [-0.2, -0.15) is 5.26 Å². The lowest BCUT2D eigenvalue weighted by atomic mass is 10.1. The molecule has 2 rings (SSSR count). The van der Waals surface area contributed by atoms with E-state index in [1.807, 2.05) is 37.3 Å². The molecule has 17 heavy (non-hydrogen) atoms. The molecule has 1 aromatic heterocycles. The smallest absolute Gasteiger partial charge is 0.268 e. The van der Waals surface area contributed by atoms with Crippen LogP contribution in [0.4, 0.5) is 0 Å². The Kier molecular flexibility index (Phi) is 3.06. The summed E-state index contributed by atoms with van der Waals surface area (Å²) < 4.78 is 1.56. The molecule has 0 amide bonds. The topological polar surface area (TPSA) is 45.8 Å². The number of nitrogens with zero attached hydrogens (tertiary/aromatic N) is 2. The summed E-state index contributed by atoms with van der Waals surface area (Å²) in [7, 11) is 0. The Labute approximate surface area is 99.6 Å². The molecule has 0 aliphatic rings. The Morgan fingerprint density at radius 3 is 2.71 bits per heavy atom.